The molecule has 0 spiro atoms. The molecule has 1 heterocycles. The van der Waals surface area contributed by atoms with Crippen molar-refractivity contribution in [2.75, 3.05) is 19.8 Å². The van der Waals surface area contributed by atoms with Crippen molar-refractivity contribution in [1.82, 2.24) is 5.32 Å². The summed E-state index contributed by atoms with van der Waals surface area (Å²) in [7, 11) is 0. The monoisotopic (exact) mass is 251 g/mol. The van der Waals surface area contributed by atoms with Gasteiger partial charge in [-0.3, -0.25) is 5.32 Å². The van der Waals surface area contributed by atoms with Gasteiger partial charge in [-0.15, -0.1) is 0 Å². The highest BCUT2D eigenvalue weighted by atomic mass is 16.5. The smallest absolute Gasteiger partial charge is 0.334 e. The molecular formula is C13H17NO4. The molecule has 0 aromatic heterocycles. The molecule has 1 aliphatic rings. The van der Waals surface area contributed by atoms with Crippen molar-refractivity contribution in [3.63, 3.8) is 0 Å². The van der Waals surface area contributed by atoms with E-state index in [1.54, 1.807) is 19.1 Å². The normalized spacial score (nSPS) is 21.2. The zero-order chi connectivity index (χ0) is 13.2. The van der Waals surface area contributed by atoms with E-state index in [2.05, 4.69) is 5.32 Å². The first kappa shape index (κ1) is 12.7. The summed E-state index contributed by atoms with van der Waals surface area (Å²) in [5.74, 6) is 0.283. The van der Waals surface area contributed by atoms with E-state index in [-0.39, 0.29) is 18.3 Å². The minimum absolute atomic E-state index is 0.116. The van der Waals surface area contributed by atoms with Crippen LogP contribution >= 0.6 is 0 Å². The first-order valence-electron chi connectivity index (χ1n) is 6.02. The van der Waals surface area contributed by atoms with Gasteiger partial charge in [-0.25, -0.2) is 4.79 Å². The molecule has 1 aliphatic heterocycles. The lowest BCUT2D eigenvalue weighted by Gasteiger charge is -2.26. The van der Waals surface area contributed by atoms with Crippen molar-refractivity contribution in [2.24, 2.45) is 0 Å². The number of likely N-dealkylation sites (N-methyl/N-ethyl adjacent to an activating group) is 1. The Morgan fingerprint density at radius 1 is 1.56 bits per heavy atom. The van der Waals surface area contributed by atoms with Crippen LogP contribution in [0, 0.1) is 0 Å². The molecule has 2 N–H and O–H groups in total. The second kappa shape index (κ2) is 4.86. The predicted molar refractivity (Wildman–Crippen MR) is 65.6 cm³/mol. The number of carbonyl (C=O) groups excluding carboxylic acids is 1. The Balaban J connectivity index is 2.43. The van der Waals surface area contributed by atoms with Gasteiger partial charge in [-0.2, -0.15) is 0 Å². The Morgan fingerprint density at radius 3 is 3.00 bits per heavy atom. The lowest BCUT2D eigenvalue weighted by molar-refractivity contribution is -0.152. The Hall–Kier alpha value is -1.75. The van der Waals surface area contributed by atoms with Gasteiger partial charge in [0.2, 0.25) is 0 Å². The number of fused-ring (bicyclic) bond motifs is 1. The largest absolute Gasteiger partial charge is 0.508 e. The molecule has 0 radical (unpaired) electrons. The van der Waals surface area contributed by atoms with Crippen LogP contribution in [0.15, 0.2) is 18.2 Å². The van der Waals surface area contributed by atoms with Crippen LogP contribution in [0.3, 0.4) is 0 Å². The zero-order valence-corrected chi connectivity index (χ0v) is 10.5. The van der Waals surface area contributed by atoms with Gasteiger partial charge in [0.25, 0.3) is 0 Å². The van der Waals surface area contributed by atoms with Gasteiger partial charge >= 0.3 is 5.97 Å². The van der Waals surface area contributed by atoms with Gasteiger partial charge in [0.05, 0.1) is 6.61 Å². The van der Waals surface area contributed by atoms with Gasteiger partial charge in [0, 0.05) is 11.6 Å². The molecule has 0 saturated heterocycles. The van der Waals surface area contributed by atoms with Crippen molar-refractivity contribution < 1.29 is 19.4 Å². The first-order valence-corrected chi connectivity index (χ1v) is 6.02. The molecule has 1 unspecified atom stereocenters. The first-order chi connectivity index (χ1) is 8.64. The Kier molecular flexibility index (Phi) is 3.43. The second-order valence-corrected chi connectivity index (χ2v) is 4.13. The number of hydrogen-bond acceptors (Lipinski definition) is 5. The van der Waals surface area contributed by atoms with Crippen LogP contribution in [-0.2, 0) is 15.1 Å². The third-order valence-corrected chi connectivity index (χ3v) is 2.97. The fourth-order valence-corrected chi connectivity index (χ4v) is 2.19. The van der Waals surface area contributed by atoms with E-state index < -0.39 is 5.54 Å². The van der Waals surface area contributed by atoms with Crippen molar-refractivity contribution in [2.45, 2.75) is 19.4 Å². The molecule has 0 bridgehead atoms. The van der Waals surface area contributed by atoms with E-state index in [0.29, 0.717) is 24.5 Å². The number of benzene rings is 1. The van der Waals surface area contributed by atoms with Crippen molar-refractivity contribution in [1.29, 1.82) is 0 Å². The summed E-state index contributed by atoms with van der Waals surface area (Å²) in [6.45, 7) is 4.80. The van der Waals surface area contributed by atoms with Gasteiger partial charge in [-0.05, 0) is 25.6 Å². The maximum Gasteiger partial charge on any atom is 0.334 e. The Morgan fingerprint density at radius 2 is 2.33 bits per heavy atom. The molecule has 98 valence electrons. The molecular weight excluding hydrogens is 234 g/mol. The van der Waals surface area contributed by atoms with Crippen LogP contribution in [0.4, 0.5) is 0 Å². The molecule has 5 heteroatoms. The standard InChI is InChI=1S/C13H17NO4/c1-3-14-13(12(16)17-4-2)8-18-11-7-9(15)5-6-10(11)13/h5-7,14-15H,3-4,8H2,1-2H3. The number of aromatic hydroxyl groups is 1. The SMILES string of the molecule is CCNC1(C(=O)OCC)COc2cc(O)ccc21. The minimum atomic E-state index is -0.964. The summed E-state index contributed by atoms with van der Waals surface area (Å²) in [6.07, 6.45) is 0. The maximum atomic E-state index is 12.2. The van der Waals surface area contributed by atoms with E-state index >= 15 is 0 Å². The molecule has 0 fully saturated rings. The fraction of sp³-hybridized carbons (Fsp3) is 0.462. The zero-order valence-electron chi connectivity index (χ0n) is 10.5. The Labute approximate surface area is 106 Å². The summed E-state index contributed by atoms with van der Waals surface area (Å²) in [5, 5.41) is 12.6. The van der Waals surface area contributed by atoms with E-state index in [1.165, 1.54) is 6.07 Å². The number of nitrogens with one attached hydrogen (secondary N) is 1. The molecule has 18 heavy (non-hydrogen) atoms. The molecule has 1 aromatic rings. The van der Waals surface area contributed by atoms with Gasteiger partial charge in [0.15, 0.2) is 5.54 Å². The molecule has 1 aromatic carbocycles. The quantitative estimate of drug-likeness (QED) is 0.786. The number of phenols is 1. The second-order valence-electron chi connectivity index (χ2n) is 4.13. The average molecular weight is 251 g/mol. The van der Waals surface area contributed by atoms with Crippen LogP contribution in [0.1, 0.15) is 19.4 Å². The van der Waals surface area contributed by atoms with Gasteiger partial charge in [0.1, 0.15) is 18.1 Å². The van der Waals surface area contributed by atoms with Crippen LogP contribution in [-0.4, -0.2) is 30.8 Å². The highest BCUT2D eigenvalue weighted by Crippen LogP contribution is 2.39. The molecule has 0 saturated carbocycles. The number of ether oxygens (including phenoxy) is 2. The molecule has 0 amide bonds. The van der Waals surface area contributed by atoms with Crippen molar-refractivity contribution in [3.8, 4) is 11.5 Å². The predicted octanol–water partition coefficient (Wildman–Crippen LogP) is 1.15. The van der Waals surface area contributed by atoms with Crippen LogP contribution in [0.25, 0.3) is 0 Å². The third-order valence-electron chi connectivity index (χ3n) is 2.97. The number of phenolic OH excluding ortho intramolecular Hbond substituents is 1. The van der Waals surface area contributed by atoms with Crippen LogP contribution in [0.2, 0.25) is 0 Å². The maximum absolute atomic E-state index is 12.2. The molecule has 5 nitrogen and oxygen atoms in total. The van der Waals surface area contributed by atoms with Crippen LogP contribution in [0.5, 0.6) is 11.5 Å². The lowest BCUT2D eigenvalue weighted by Crippen LogP contribution is -2.51. The topological polar surface area (TPSA) is 67.8 Å². The molecule has 0 aliphatic carbocycles. The van der Waals surface area contributed by atoms with Gasteiger partial charge < -0.3 is 14.6 Å². The van der Waals surface area contributed by atoms with E-state index in [4.69, 9.17) is 9.47 Å². The number of hydrogen-bond donors (Lipinski definition) is 2. The Bertz CT molecular complexity index is 460. The lowest BCUT2D eigenvalue weighted by atomic mass is 9.92. The van der Waals surface area contributed by atoms with E-state index in [0.717, 1.165) is 0 Å². The molecule has 1 atom stereocenters. The van der Waals surface area contributed by atoms with Crippen molar-refractivity contribution >= 4 is 5.97 Å². The number of rotatable bonds is 4. The fourth-order valence-electron chi connectivity index (χ4n) is 2.19. The number of esters is 1. The highest BCUT2D eigenvalue weighted by molar-refractivity contribution is 5.85. The molecule has 2 rings (SSSR count). The summed E-state index contributed by atoms with van der Waals surface area (Å²) in [4.78, 5) is 12.2. The third kappa shape index (κ3) is 1.90. The summed E-state index contributed by atoms with van der Waals surface area (Å²) in [6, 6.07) is 4.74. The average Bonchev–Trinajstić information content (AvgIpc) is 2.69. The highest BCUT2D eigenvalue weighted by Gasteiger charge is 2.48. The summed E-state index contributed by atoms with van der Waals surface area (Å²) in [5.41, 5.74) is -0.256. The van der Waals surface area contributed by atoms with Crippen LogP contribution < -0.4 is 10.1 Å². The van der Waals surface area contributed by atoms with E-state index in [9.17, 15) is 9.90 Å². The van der Waals surface area contributed by atoms with Crippen molar-refractivity contribution in [3.05, 3.63) is 23.8 Å². The number of carbonyl (C=O) groups is 1. The summed E-state index contributed by atoms with van der Waals surface area (Å²) >= 11 is 0. The van der Waals surface area contributed by atoms with E-state index in [1.807, 2.05) is 6.92 Å². The summed E-state index contributed by atoms with van der Waals surface area (Å²) < 4.78 is 10.6. The van der Waals surface area contributed by atoms with Gasteiger partial charge in [-0.1, -0.05) is 6.92 Å². The minimum Gasteiger partial charge on any atom is -0.508 e.